The second-order valence-electron chi connectivity index (χ2n) is 8.70. The number of benzene rings is 2. The van der Waals surface area contributed by atoms with E-state index in [0.29, 0.717) is 22.6 Å². The number of likely N-dealkylation sites (N-methyl/N-ethyl adjacent to an activating group) is 1. The van der Waals surface area contributed by atoms with E-state index in [1.54, 1.807) is 33.1 Å². The summed E-state index contributed by atoms with van der Waals surface area (Å²) in [4.78, 5) is 14.9. The Bertz CT molecular complexity index is 1060. The van der Waals surface area contributed by atoms with Crippen LogP contribution in [-0.4, -0.2) is 70.5 Å². The summed E-state index contributed by atoms with van der Waals surface area (Å²) in [6.07, 6.45) is 2.52. The van der Waals surface area contributed by atoms with Gasteiger partial charge in [-0.2, -0.15) is 4.31 Å². The van der Waals surface area contributed by atoms with Crippen molar-refractivity contribution in [1.82, 2.24) is 9.21 Å². The molecule has 1 amide bonds. The van der Waals surface area contributed by atoms with Gasteiger partial charge in [0.15, 0.2) is 0 Å². The standard InChI is InChI=1S/C25H35N3O5S/c1-19-15-23(32-4)16-20(2)25(19)34(30,31)27(3)13-14-33-18-24(29)26-22-9-7-21(8-10-22)17-28-11-5-6-12-28/h7-10,15-16H,5-6,11-14,17-18H2,1-4H3,(H,26,29). The first-order valence-electron chi connectivity index (χ1n) is 11.5. The molecule has 1 N–H and O–H groups in total. The Balaban J connectivity index is 1.44. The summed E-state index contributed by atoms with van der Waals surface area (Å²) in [5, 5.41) is 2.81. The Morgan fingerprint density at radius 3 is 2.29 bits per heavy atom. The van der Waals surface area contributed by atoms with Gasteiger partial charge in [-0.3, -0.25) is 9.69 Å². The predicted molar refractivity (Wildman–Crippen MR) is 133 cm³/mol. The Labute approximate surface area is 202 Å². The number of nitrogens with one attached hydrogen (secondary N) is 1. The summed E-state index contributed by atoms with van der Waals surface area (Å²) in [7, 11) is -0.640. The zero-order valence-corrected chi connectivity index (χ0v) is 21.3. The lowest BCUT2D eigenvalue weighted by atomic mass is 10.1. The summed E-state index contributed by atoms with van der Waals surface area (Å²) in [5.41, 5.74) is 3.18. The highest BCUT2D eigenvalue weighted by Crippen LogP contribution is 2.27. The smallest absolute Gasteiger partial charge is 0.250 e. The quantitative estimate of drug-likeness (QED) is 0.488. The lowest BCUT2D eigenvalue weighted by molar-refractivity contribution is -0.120. The number of carbonyl (C=O) groups excluding carboxylic acids is 1. The lowest BCUT2D eigenvalue weighted by Gasteiger charge is -2.20. The number of sulfonamides is 1. The predicted octanol–water partition coefficient (Wildman–Crippen LogP) is 3.18. The van der Waals surface area contributed by atoms with Crippen LogP contribution in [0, 0.1) is 13.8 Å². The summed E-state index contributed by atoms with van der Waals surface area (Å²) < 4.78 is 37.9. The summed E-state index contributed by atoms with van der Waals surface area (Å²) in [6.45, 7) is 6.80. The van der Waals surface area contributed by atoms with Crippen LogP contribution in [0.3, 0.4) is 0 Å². The van der Waals surface area contributed by atoms with Crippen molar-refractivity contribution in [3.63, 3.8) is 0 Å². The third kappa shape index (κ3) is 6.79. The van der Waals surface area contributed by atoms with Gasteiger partial charge in [0.1, 0.15) is 12.4 Å². The molecule has 0 atom stereocenters. The molecule has 9 heteroatoms. The molecule has 1 heterocycles. The minimum atomic E-state index is -3.69. The normalized spacial score (nSPS) is 14.5. The minimum Gasteiger partial charge on any atom is -0.497 e. The number of rotatable bonds is 11. The summed E-state index contributed by atoms with van der Waals surface area (Å²) in [6, 6.07) is 11.2. The monoisotopic (exact) mass is 489 g/mol. The number of hydrogen-bond acceptors (Lipinski definition) is 6. The van der Waals surface area contributed by atoms with E-state index in [-0.39, 0.29) is 30.6 Å². The van der Waals surface area contributed by atoms with E-state index >= 15 is 0 Å². The van der Waals surface area contributed by atoms with Crippen molar-refractivity contribution in [3.8, 4) is 5.75 Å². The first-order chi connectivity index (χ1) is 16.2. The molecule has 0 saturated carbocycles. The van der Waals surface area contributed by atoms with E-state index in [1.165, 1.54) is 29.8 Å². The average molecular weight is 490 g/mol. The van der Waals surface area contributed by atoms with Crippen molar-refractivity contribution in [1.29, 1.82) is 0 Å². The molecule has 1 saturated heterocycles. The maximum Gasteiger partial charge on any atom is 0.250 e. The van der Waals surface area contributed by atoms with Crippen LogP contribution in [0.25, 0.3) is 0 Å². The van der Waals surface area contributed by atoms with Crippen molar-refractivity contribution in [3.05, 3.63) is 53.1 Å². The van der Waals surface area contributed by atoms with Gasteiger partial charge in [0.2, 0.25) is 15.9 Å². The molecule has 34 heavy (non-hydrogen) atoms. The van der Waals surface area contributed by atoms with Gasteiger partial charge in [0.05, 0.1) is 18.6 Å². The van der Waals surface area contributed by atoms with Crippen molar-refractivity contribution in [2.45, 2.75) is 38.1 Å². The van der Waals surface area contributed by atoms with Crippen LogP contribution in [0.5, 0.6) is 5.75 Å². The minimum absolute atomic E-state index is 0.103. The number of anilines is 1. The summed E-state index contributed by atoms with van der Waals surface area (Å²) >= 11 is 0. The third-order valence-corrected chi connectivity index (χ3v) is 8.13. The highest BCUT2D eigenvalue weighted by molar-refractivity contribution is 7.89. The molecule has 1 fully saturated rings. The SMILES string of the molecule is COc1cc(C)c(S(=O)(=O)N(C)CCOCC(=O)Nc2ccc(CN3CCCC3)cc2)c(C)c1. The van der Waals surface area contributed by atoms with Gasteiger partial charge in [-0.1, -0.05) is 12.1 Å². The van der Waals surface area contributed by atoms with Gasteiger partial charge < -0.3 is 14.8 Å². The zero-order valence-electron chi connectivity index (χ0n) is 20.5. The van der Waals surface area contributed by atoms with Crippen LogP contribution in [0.4, 0.5) is 5.69 Å². The Hall–Kier alpha value is -2.46. The van der Waals surface area contributed by atoms with Crippen LogP contribution in [-0.2, 0) is 26.1 Å². The maximum absolute atomic E-state index is 13.0. The number of hydrogen-bond donors (Lipinski definition) is 1. The molecule has 0 unspecified atom stereocenters. The first-order valence-corrected chi connectivity index (χ1v) is 12.9. The molecule has 0 aromatic heterocycles. The number of aryl methyl sites for hydroxylation is 2. The van der Waals surface area contributed by atoms with Gasteiger partial charge in [-0.05, 0) is 80.7 Å². The van der Waals surface area contributed by atoms with Crippen LogP contribution >= 0.6 is 0 Å². The molecule has 1 aliphatic heterocycles. The molecule has 2 aromatic rings. The Morgan fingerprint density at radius 1 is 1.09 bits per heavy atom. The summed E-state index contributed by atoms with van der Waals surface area (Å²) in [5.74, 6) is 0.340. The lowest BCUT2D eigenvalue weighted by Crippen LogP contribution is -2.32. The number of amides is 1. The molecule has 0 aliphatic carbocycles. The first kappa shape index (κ1) is 26.2. The fraction of sp³-hybridized carbons (Fsp3) is 0.480. The van der Waals surface area contributed by atoms with E-state index < -0.39 is 10.0 Å². The molecule has 1 aliphatic rings. The van der Waals surface area contributed by atoms with Crippen LogP contribution in [0.15, 0.2) is 41.3 Å². The van der Waals surface area contributed by atoms with E-state index in [1.807, 2.05) is 24.3 Å². The van der Waals surface area contributed by atoms with Gasteiger partial charge in [0.25, 0.3) is 0 Å². The second-order valence-corrected chi connectivity index (χ2v) is 10.7. The largest absolute Gasteiger partial charge is 0.497 e. The molecule has 0 radical (unpaired) electrons. The third-order valence-electron chi connectivity index (χ3n) is 5.96. The van der Waals surface area contributed by atoms with Crippen molar-refractivity contribution in [2.24, 2.45) is 0 Å². The molecular weight excluding hydrogens is 454 g/mol. The van der Waals surface area contributed by atoms with Crippen LogP contribution in [0.2, 0.25) is 0 Å². The molecule has 0 bridgehead atoms. The molecule has 8 nitrogen and oxygen atoms in total. The van der Waals surface area contributed by atoms with Gasteiger partial charge in [0, 0.05) is 25.8 Å². The van der Waals surface area contributed by atoms with Gasteiger partial charge >= 0.3 is 0 Å². The highest BCUT2D eigenvalue weighted by Gasteiger charge is 2.25. The van der Waals surface area contributed by atoms with E-state index in [9.17, 15) is 13.2 Å². The van der Waals surface area contributed by atoms with Crippen LogP contribution in [0.1, 0.15) is 29.5 Å². The number of ether oxygens (including phenoxy) is 2. The van der Waals surface area contributed by atoms with Crippen molar-refractivity contribution < 1.29 is 22.7 Å². The molecule has 186 valence electrons. The van der Waals surface area contributed by atoms with Crippen LogP contribution < -0.4 is 10.1 Å². The van der Waals surface area contributed by atoms with Gasteiger partial charge in [-0.15, -0.1) is 0 Å². The number of carbonyl (C=O) groups is 1. The van der Waals surface area contributed by atoms with Crippen molar-refractivity contribution >= 4 is 21.6 Å². The van der Waals surface area contributed by atoms with E-state index in [4.69, 9.17) is 9.47 Å². The second kappa shape index (κ2) is 11.8. The fourth-order valence-electron chi connectivity index (χ4n) is 4.16. The zero-order chi connectivity index (χ0) is 24.7. The molecule has 2 aromatic carbocycles. The maximum atomic E-state index is 13.0. The van der Waals surface area contributed by atoms with E-state index in [0.717, 1.165) is 19.6 Å². The molecular formula is C25H35N3O5S. The fourth-order valence-corrected chi connectivity index (χ4v) is 5.72. The Kier molecular flexibility index (Phi) is 9.07. The average Bonchev–Trinajstić information content (AvgIpc) is 3.30. The highest BCUT2D eigenvalue weighted by atomic mass is 32.2. The topological polar surface area (TPSA) is 88.2 Å². The van der Waals surface area contributed by atoms with Crippen molar-refractivity contribution in [2.75, 3.05) is 52.3 Å². The number of nitrogens with zero attached hydrogens (tertiary/aromatic N) is 2. The molecule has 3 rings (SSSR count). The molecule has 0 spiro atoms. The van der Waals surface area contributed by atoms with Gasteiger partial charge in [-0.25, -0.2) is 8.42 Å². The van der Waals surface area contributed by atoms with E-state index in [2.05, 4.69) is 10.2 Å². The number of methoxy groups -OCH3 is 1. The Morgan fingerprint density at radius 2 is 1.71 bits per heavy atom. The number of likely N-dealkylation sites (tertiary alicyclic amines) is 1.